The lowest BCUT2D eigenvalue weighted by molar-refractivity contribution is 0.831. The Morgan fingerprint density at radius 3 is 2.81 bits per heavy atom. The quantitative estimate of drug-likeness (QED) is 0.876. The summed E-state index contributed by atoms with van der Waals surface area (Å²) in [6.45, 7) is 0.912. The van der Waals surface area contributed by atoms with Crippen LogP contribution in [0.5, 0.6) is 0 Å². The predicted molar refractivity (Wildman–Crippen MR) is 75.2 cm³/mol. The third-order valence-electron chi connectivity index (χ3n) is 2.22. The van der Waals surface area contributed by atoms with E-state index in [1.54, 1.807) is 11.3 Å². The normalized spacial score (nSPS) is 10.7. The van der Waals surface area contributed by atoms with Crippen LogP contribution in [0.2, 0.25) is 5.02 Å². The van der Waals surface area contributed by atoms with Gasteiger partial charge in [0.05, 0.1) is 5.02 Å². The first-order valence-electron chi connectivity index (χ1n) is 4.89. The van der Waals surface area contributed by atoms with Crippen molar-refractivity contribution in [1.29, 1.82) is 0 Å². The number of halogens is 2. The van der Waals surface area contributed by atoms with E-state index in [0.29, 0.717) is 0 Å². The fourth-order valence-electron chi connectivity index (χ4n) is 1.45. The van der Waals surface area contributed by atoms with Crippen molar-refractivity contribution >= 4 is 38.9 Å². The highest BCUT2D eigenvalue weighted by Crippen LogP contribution is 2.32. The molecule has 0 saturated heterocycles. The first kappa shape index (κ1) is 12.1. The summed E-state index contributed by atoms with van der Waals surface area (Å²) in [6.07, 6.45) is 0. The lowest BCUT2D eigenvalue weighted by Crippen LogP contribution is -2.02. The van der Waals surface area contributed by atoms with Crippen molar-refractivity contribution in [3.63, 3.8) is 0 Å². The SMILES string of the molecule is CNCc1ccc(-c2ccc(Br)c(Cl)c2)s1. The smallest absolute Gasteiger partial charge is 0.0554 e. The average Bonchev–Trinajstić information content (AvgIpc) is 2.71. The van der Waals surface area contributed by atoms with E-state index in [9.17, 15) is 0 Å². The molecule has 1 nitrogen and oxygen atoms in total. The molecule has 2 aromatic rings. The Morgan fingerprint density at radius 1 is 1.31 bits per heavy atom. The highest BCUT2D eigenvalue weighted by atomic mass is 79.9. The van der Waals surface area contributed by atoms with Gasteiger partial charge < -0.3 is 5.32 Å². The van der Waals surface area contributed by atoms with Gasteiger partial charge in [0.25, 0.3) is 0 Å². The summed E-state index contributed by atoms with van der Waals surface area (Å²) in [5.41, 5.74) is 1.17. The zero-order valence-electron chi connectivity index (χ0n) is 8.76. The first-order chi connectivity index (χ1) is 7.70. The Kier molecular flexibility index (Phi) is 4.03. The molecule has 0 radical (unpaired) electrons. The van der Waals surface area contributed by atoms with Crippen molar-refractivity contribution in [1.82, 2.24) is 5.32 Å². The predicted octanol–water partition coefficient (Wildman–Crippen LogP) is 4.55. The molecule has 2 rings (SSSR count). The zero-order valence-corrected chi connectivity index (χ0v) is 11.9. The van der Waals surface area contributed by atoms with E-state index >= 15 is 0 Å². The van der Waals surface area contributed by atoms with Gasteiger partial charge in [-0.2, -0.15) is 0 Å². The molecule has 16 heavy (non-hydrogen) atoms. The fraction of sp³-hybridized carbons (Fsp3) is 0.167. The van der Waals surface area contributed by atoms with Crippen LogP contribution in [0.4, 0.5) is 0 Å². The topological polar surface area (TPSA) is 12.0 Å². The minimum absolute atomic E-state index is 0.751. The molecule has 0 atom stereocenters. The molecule has 0 unspecified atom stereocenters. The Bertz CT molecular complexity index is 496. The summed E-state index contributed by atoms with van der Waals surface area (Å²) in [7, 11) is 1.95. The van der Waals surface area contributed by atoms with Crippen LogP contribution in [0, 0.1) is 0 Å². The Balaban J connectivity index is 2.31. The monoisotopic (exact) mass is 315 g/mol. The van der Waals surface area contributed by atoms with Gasteiger partial charge in [0.15, 0.2) is 0 Å². The number of rotatable bonds is 3. The summed E-state index contributed by atoms with van der Waals surface area (Å²) in [5, 5.41) is 3.90. The molecule has 1 N–H and O–H groups in total. The molecule has 84 valence electrons. The Hall–Kier alpha value is -0.350. The lowest BCUT2D eigenvalue weighted by atomic mass is 10.2. The highest BCUT2D eigenvalue weighted by molar-refractivity contribution is 9.10. The summed E-state index contributed by atoms with van der Waals surface area (Å²) in [6, 6.07) is 10.3. The van der Waals surface area contributed by atoms with E-state index in [1.807, 2.05) is 19.2 Å². The maximum absolute atomic E-state index is 6.08. The van der Waals surface area contributed by atoms with Crippen molar-refractivity contribution < 1.29 is 0 Å². The van der Waals surface area contributed by atoms with E-state index in [2.05, 4.69) is 39.4 Å². The van der Waals surface area contributed by atoms with Crippen molar-refractivity contribution in [3.8, 4) is 10.4 Å². The molecule has 0 aliphatic heterocycles. The molecule has 0 aliphatic carbocycles. The fourth-order valence-corrected chi connectivity index (χ4v) is 2.89. The number of thiophene rings is 1. The third-order valence-corrected chi connectivity index (χ3v) is 4.58. The molecule has 1 heterocycles. The van der Waals surface area contributed by atoms with Crippen molar-refractivity contribution in [3.05, 3.63) is 44.7 Å². The van der Waals surface area contributed by atoms with E-state index in [0.717, 1.165) is 16.0 Å². The Labute approximate surface area is 113 Å². The lowest BCUT2D eigenvalue weighted by Gasteiger charge is -2.00. The minimum atomic E-state index is 0.751. The van der Waals surface area contributed by atoms with Gasteiger partial charge in [-0.1, -0.05) is 17.7 Å². The van der Waals surface area contributed by atoms with Gasteiger partial charge in [0.1, 0.15) is 0 Å². The molecule has 4 heteroatoms. The van der Waals surface area contributed by atoms with Gasteiger partial charge in [-0.05, 0) is 52.8 Å². The van der Waals surface area contributed by atoms with E-state index in [-0.39, 0.29) is 0 Å². The second-order valence-electron chi connectivity index (χ2n) is 3.43. The van der Waals surface area contributed by atoms with E-state index in [1.165, 1.54) is 15.3 Å². The van der Waals surface area contributed by atoms with E-state index < -0.39 is 0 Å². The molecule has 0 bridgehead atoms. The first-order valence-corrected chi connectivity index (χ1v) is 6.88. The van der Waals surface area contributed by atoms with Gasteiger partial charge in [-0.3, -0.25) is 0 Å². The van der Waals surface area contributed by atoms with Gasteiger partial charge in [-0.25, -0.2) is 0 Å². The average molecular weight is 317 g/mol. The second-order valence-corrected chi connectivity index (χ2v) is 5.86. The number of benzene rings is 1. The molecule has 0 spiro atoms. The van der Waals surface area contributed by atoms with Crippen LogP contribution in [-0.4, -0.2) is 7.05 Å². The second kappa shape index (κ2) is 5.32. The minimum Gasteiger partial charge on any atom is -0.315 e. The largest absolute Gasteiger partial charge is 0.315 e. The maximum Gasteiger partial charge on any atom is 0.0554 e. The summed E-state index contributed by atoms with van der Waals surface area (Å²) >= 11 is 11.3. The van der Waals surface area contributed by atoms with Crippen LogP contribution < -0.4 is 5.32 Å². The molecule has 1 aromatic carbocycles. The molecule has 1 aromatic heterocycles. The number of hydrogen-bond acceptors (Lipinski definition) is 2. The molecule has 0 amide bonds. The number of nitrogens with one attached hydrogen (secondary N) is 1. The summed E-state index contributed by atoms with van der Waals surface area (Å²) in [5.74, 6) is 0. The highest BCUT2D eigenvalue weighted by Gasteiger charge is 2.04. The molecular weight excluding hydrogens is 306 g/mol. The third kappa shape index (κ3) is 2.66. The van der Waals surface area contributed by atoms with Crippen LogP contribution in [-0.2, 0) is 6.54 Å². The van der Waals surface area contributed by atoms with Crippen LogP contribution >= 0.6 is 38.9 Å². The Morgan fingerprint density at radius 2 is 2.12 bits per heavy atom. The van der Waals surface area contributed by atoms with Gasteiger partial charge >= 0.3 is 0 Å². The van der Waals surface area contributed by atoms with Gasteiger partial charge in [0.2, 0.25) is 0 Å². The standard InChI is InChI=1S/C12H11BrClNS/c1-15-7-9-3-5-12(16-9)8-2-4-10(13)11(14)6-8/h2-6,15H,7H2,1H3. The number of hydrogen-bond donors (Lipinski definition) is 1. The van der Waals surface area contributed by atoms with Crippen molar-refractivity contribution in [2.45, 2.75) is 6.54 Å². The summed E-state index contributed by atoms with van der Waals surface area (Å²) in [4.78, 5) is 2.58. The molecule has 0 saturated carbocycles. The molecular formula is C12H11BrClNS. The van der Waals surface area contributed by atoms with Gasteiger partial charge in [-0.15, -0.1) is 11.3 Å². The maximum atomic E-state index is 6.08. The van der Waals surface area contributed by atoms with Crippen LogP contribution in [0.3, 0.4) is 0 Å². The zero-order chi connectivity index (χ0) is 11.5. The van der Waals surface area contributed by atoms with Gasteiger partial charge in [0, 0.05) is 20.8 Å². The van der Waals surface area contributed by atoms with Crippen LogP contribution in [0.1, 0.15) is 4.88 Å². The van der Waals surface area contributed by atoms with Crippen LogP contribution in [0.15, 0.2) is 34.8 Å². The summed E-state index contributed by atoms with van der Waals surface area (Å²) < 4.78 is 0.935. The molecule has 0 aliphatic rings. The van der Waals surface area contributed by atoms with Crippen molar-refractivity contribution in [2.24, 2.45) is 0 Å². The van der Waals surface area contributed by atoms with Crippen LogP contribution in [0.25, 0.3) is 10.4 Å². The van der Waals surface area contributed by atoms with Crippen molar-refractivity contribution in [2.75, 3.05) is 7.05 Å². The molecule has 0 fully saturated rings. The van der Waals surface area contributed by atoms with E-state index in [4.69, 9.17) is 11.6 Å².